The van der Waals surface area contributed by atoms with Crippen LogP contribution in [0.25, 0.3) is 6.08 Å². The summed E-state index contributed by atoms with van der Waals surface area (Å²) < 4.78 is 12.0. The van der Waals surface area contributed by atoms with Crippen molar-refractivity contribution in [2.75, 3.05) is 19.0 Å². The molecule has 0 saturated heterocycles. The van der Waals surface area contributed by atoms with Crippen LogP contribution < -0.4 is 14.8 Å². The second kappa shape index (κ2) is 11.7. The van der Waals surface area contributed by atoms with Crippen molar-refractivity contribution in [1.82, 2.24) is 0 Å². The predicted octanol–water partition coefficient (Wildman–Crippen LogP) is 6.49. The average Bonchev–Trinajstić information content (AvgIpc) is 2.81. The molecule has 0 fully saturated rings. The highest BCUT2D eigenvalue weighted by atomic mass is 127. The van der Waals surface area contributed by atoms with Gasteiger partial charge in [0.25, 0.3) is 5.91 Å². The van der Waals surface area contributed by atoms with Crippen molar-refractivity contribution in [3.05, 3.63) is 91.5 Å². The maximum absolute atomic E-state index is 12.7. The molecule has 33 heavy (non-hydrogen) atoms. The molecule has 3 aromatic carbocycles. The average molecular weight is 573 g/mol. The molecule has 0 unspecified atom stereocenters. The second-order valence-electron chi connectivity index (χ2n) is 7.03. The summed E-state index contributed by atoms with van der Waals surface area (Å²) >= 11 is 8.56. The zero-order chi connectivity index (χ0) is 23.8. The van der Waals surface area contributed by atoms with Crippen molar-refractivity contribution >= 4 is 51.9 Å². The third-order valence-corrected chi connectivity index (χ3v) is 6.15. The number of amides is 1. The first-order chi connectivity index (χ1) is 15.9. The first-order valence-electron chi connectivity index (χ1n) is 10.2. The Morgan fingerprint density at radius 1 is 1.18 bits per heavy atom. The maximum atomic E-state index is 12.7. The number of hydrogen-bond acceptors (Lipinski definition) is 4. The molecular weight excluding hydrogens is 551 g/mol. The summed E-state index contributed by atoms with van der Waals surface area (Å²) in [6, 6.07) is 20.4. The Bertz CT molecular complexity index is 1220. The van der Waals surface area contributed by atoms with E-state index in [2.05, 4.69) is 27.9 Å². The van der Waals surface area contributed by atoms with Crippen molar-refractivity contribution in [1.29, 1.82) is 5.26 Å². The fourth-order valence-corrected chi connectivity index (χ4v) is 4.23. The molecule has 0 heterocycles. The number of nitrogens with zero attached hydrogens (tertiary/aromatic N) is 1. The summed E-state index contributed by atoms with van der Waals surface area (Å²) in [5, 5.41) is 13.0. The summed E-state index contributed by atoms with van der Waals surface area (Å²) in [5.41, 5.74) is 3.23. The van der Waals surface area contributed by atoms with Gasteiger partial charge in [-0.25, -0.2) is 0 Å². The second-order valence-corrected chi connectivity index (χ2v) is 8.60. The largest absolute Gasteiger partial charge is 0.496 e. The van der Waals surface area contributed by atoms with Crippen LogP contribution in [0.4, 0.5) is 5.69 Å². The SMILES string of the molecule is CCOc1ccc(NC(=O)/C(C#N)=C/c2cc(I)c(Cc3ccccc3Cl)c(OC)c2)cc1. The van der Waals surface area contributed by atoms with Gasteiger partial charge in [0, 0.05) is 26.3 Å². The lowest BCUT2D eigenvalue weighted by atomic mass is 10.0. The fourth-order valence-electron chi connectivity index (χ4n) is 3.22. The van der Waals surface area contributed by atoms with Crippen molar-refractivity contribution in [3.63, 3.8) is 0 Å². The van der Waals surface area contributed by atoms with Gasteiger partial charge in [0.05, 0.1) is 13.7 Å². The molecule has 0 atom stereocenters. The van der Waals surface area contributed by atoms with E-state index in [9.17, 15) is 10.1 Å². The van der Waals surface area contributed by atoms with E-state index in [-0.39, 0.29) is 5.57 Å². The highest BCUT2D eigenvalue weighted by Gasteiger charge is 2.14. The van der Waals surface area contributed by atoms with Gasteiger partial charge in [0.15, 0.2) is 0 Å². The minimum Gasteiger partial charge on any atom is -0.496 e. The standard InChI is InChI=1S/C26H22ClIN2O3/c1-3-33-21-10-8-20(9-11-21)30-26(31)19(16-29)12-17-13-24(28)22(25(14-17)32-2)15-18-6-4-5-7-23(18)27/h4-14H,3,15H2,1-2H3,(H,30,31)/b19-12+. The number of carbonyl (C=O) groups is 1. The van der Waals surface area contributed by atoms with Crippen molar-refractivity contribution in [2.45, 2.75) is 13.3 Å². The first-order valence-corrected chi connectivity index (χ1v) is 11.7. The molecule has 7 heteroatoms. The molecule has 1 N–H and O–H groups in total. The van der Waals surface area contributed by atoms with Crippen LogP contribution in [0.15, 0.2) is 66.2 Å². The molecule has 1 amide bonds. The summed E-state index contributed by atoms with van der Waals surface area (Å²) in [6.07, 6.45) is 2.16. The molecule has 0 aliphatic heterocycles. The highest BCUT2D eigenvalue weighted by molar-refractivity contribution is 14.1. The molecule has 0 aliphatic carbocycles. The molecule has 0 bridgehead atoms. The van der Waals surface area contributed by atoms with Crippen LogP contribution in [-0.2, 0) is 11.2 Å². The van der Waals surface area contributed by atoms with E-state index in [4.69, 9.17) is 21.1 Å². The van der Waals surface area contributed by atoms with Gasteiger partial charge in [-0.15, -0.1) is 0 Å². The molecule has 3 rings (SSSR count). The van der Waals surface area contributed by atoms with Gasteiger partial charge in [-0.3, -0.25) is 4.79 Å². The zero-order valence-corrected chi connectivity index (χ0v) is 21.1. The molecular formula is C26H22ClIN2O3. The number of nitrogens with one attached hydrogen (secondary N) is 1. The minimum absolute atomic E-state index is 0.0133. The Balaban J connectivity index is 1.84. The van der Waals surface area contributed by atoms with Gasteiger partial charge < -0.3 is 14.8 Å². The lowest BCUT2D eigenvalue weighted by Gasteiger charge is -2.13. The van der Waals surface area contributed by atoms with Gasteiger partial charge in [0.1, 0.15) is 23.1 Å². The number of anilines is 1. The van der Waals surface area contributed by atoms with Gasteiger partial charge in [-0.1, -0.05) is 29.8 Å². The third kappa shape index (κ3) is 6.50. The number of methoxy groups -OCH3 is 1. The molecule has 5 nitrogen and oxygen atoms in total. The van der Waals surface area contributed by atoms with E-state index < -0.39 is 5.91 Å². The first kappa shape index (κ1) is 24.6. The van der Waals surface area contributed by atoms with Crippen molar-refractivity contribution < 1.29 is 14.3 Å². The number of ether oxygens (including phenoxy) is 2. The maximum Gasteiger partial charge on any atom is 0.266 e. The number of benzene rings is 3. The van der Waals surface area contributed by atoms with Crippen LogP contribution in [0.5, 0.6) is 11.5 Å². The molecule has 168 valence electrons. The number of hydrogen-bond donors (Lipinski definition) is 1. The quantitative estimate of drug-likeness (QED) is 0.190. The number of nitriles is 1. The van der Waals surface area contributed by atoms with Crippen LogP contribution in [-0.4, -0.2) is 19.6 Å². The van der Waals surface area contributed by atoms with E-state index in [0.717, 1.165) is 14.7 Å². The van der Waals surface area contributed by atoms with E-state index in [1.165, 1.54) is 0 Å². The van der Waals surface area contributed by atoms with Gasteiger partial charge in [-0.2, -0.15) is 5.26 Å². The fraction of sp³-hybridized carbons (Fsp3) is 0.154. The van der Waals surface area contributed by atoms with Crippen molar-refractivity contribution in [3.8, 4) is 17.6 Å². The lowest BCUT2D eigenvalue weighted by Crippen LogP contribution is -2.13. The molecule has 0 radical (unpaired) electrons. The summed E-state index contributed by atoms with van der Waals surface area (Å²) in [6.45, 7) is 2.46. The van der Waals surface area contributed by atoms with Gasteiger partial charge in [0.2, 0.25) is 0 Å². The van der Waals surface area contributed by atoms with Crippen LogP contribution >= 0.6 is 34.2 Å². The van der Waals surface area contributed by atoms with Gasteiger partial charge >= 0.3 is 0 Å². The molecule has 0 aromatic heterocycles. The molecule has 0 aliphatic rings. The third-order valence-electron chi connectivity index (χ3n) is 4.82. The number of halogens is 2. The summed E-state index contributed by atoms with van der Waals surface area (Å²) in [7, 11) is 1.60. The van der Waals surface area contributed by atoms with Gasteiger partial charge in [-0.05, 0) is 89.2 Å². The zero-order valence-electron chi connectivity index (χ0n) is 18.2. The number of rotatable bonds is 8. The topological polar surface area (TPSA) is 71.3 Å². The van der Waals surface area contributed by atoms with Crippen LogP contribution in [0.1, 0.15) is 23.6 Å². The van der Waals surface area contributed by atoms with Crippen molar-refractivity contribution in [2.24, 2.45) is 0 Å². The predicted molar refractivity (Wildman–Crippen MR) is 140 cm³/mol. The normalized spacial score (nSPS) is 10.9. The lowest BCUT2D eigenvalue weighted by molar-refractivity contribution is -0.112. The van der Waals surface area contributed by atoms with E-state index >= 15 is 0 Å². The van der Waals surface area contributed by atoms with Crippen LogP contribution in [0.2, 0.25) is 5.02 Å². The Morgan fingerprint density at radius 2 is 1.91 bits per heavy atom. The highest BCUT2D eigenvalue weighted by Crippen LogP contribution is 2.31. The Kier molecular flexibility index (Phi) is 8.75. The Morgan fingerprint density at radius 3 is 2.55 bits per heavy atom. The Labute approximate surface area is 212 Å². The molecule has 0 spiro atoms. The summed E-state index contributed by atoms with van der Waals surface area (Å²) in [4.78, 5) is 12.7. The van der Waals surface area contributed by atoms with E-state index in [0.29, 0.717) is 40.8 Å². The molecule has 0 saturated carbocycles. The summed E-state index contributed by atoms with van der Waals surface area (Å²) in [5.74, 6) is 0.887. The van der Waals surface area contributed by atoms with E-state index in [1.54, 1.807) is 37.5 Å². The smallest absolute Gasteiger partial charge is 0.266 e. The van der Waals surface area contributed by atoms with Crippen LogP contribution in [0.3, 0.4) is 0 Å². The molecule has 3 aromatic rings. The minimum atomic E-state index is -0.490. The van der Waals surface area contributed by atoms with E-state index in [1.807, 2.05) is 49.4 Å². The van der Waals surface area contributed by atoms with Crippen LogP contribution in [0, 0.1) is 14.9 Å². The monoisotopic (exact) mass is 572 g/mol. The Hall–Kier alpha value is -3.02. The number of carbonyl (C=O) groups excluding carboxylic acids is 1.